The van der Waals surface area contributed by atoms with Crippen LogP contribution in [0.15, 0.2) is 48.5 Å². The molecule has 0 aliphatic carbocycles. The number of benzene rings is 2. The number of rotatable bonds is 5. The highest BCUT2D eigenvalue weighted by molar-refractivity contribution is 6.31. The zero-order valence-corrected chi connectivity index (χ0v) is 14.2. The molecule has 1 heterocycles. The second kappa shape index (κ2) is 7.79. The summed E-state index contributed by atoms with van der Waals surface area (Å²) in [5.41, 5.74) is 2.57. The number of carboxylic acid groups (broad SMARTS) is 1. The van der Waals surface area contributed by atoms with Gasteiger partial charge in [0, 0.05) is 44.3 Å². The molecule has 0 aromatic heterocycles. The Morgan fingerprint density at radius 1 is 0.958 bits per heavy atom. The summed E-state index contributed by atoms with van der Waals surface area (Å²) in [6, 6.07) is 15.2. The van der Waals surface area contributed by atoms with E-state index in [2.05, 4.69) is 15.9 Å². The van der Waals surface area contributed by atoms with Crippen LogP contribution in [-0.4, -0.2) is 47.1 Å². The lowest BCUT2D eigenvalue weighted by Gasteiger charge is -2.35. The van der Waals surface area contributed by atoms with E-state index in [1.165, 1.54) is 5.56 Å². The van der Waals surface area contributed by atoms with Crippen molar-refractivity contribution in [3.8, 4) is 0 Å². The van der Waals surface area contributed by atoms with Crippen LogP contribution in [0.2, 0.25) is 5.02 Å². The largest absolute Gasteiger partial charge is 0.478 e. The minimum atomic E-state index is -0.874. The Labute approximate surface area is 147 Å². The molecular weight excluding hydrogens is 324 g/mol. The highest BCUT2D eigenvalue weighted by Gasteiger charge is 2.18. The van der Waals surface area contributed by atoms with Crippen molar-refractivity contribution in [1.82, 2.24) is 9.80 Å². The molecule has 5 heteroatoms. The Morgan fingerprint density at radius 2 is 1.62 bits per heavy atom. The van der Waals surface area contributed by atoms with Crippen molar-refractivity contribution in [1.29, 1.82) is 0 Å². The third kappa shape index (κ3) is 4.35. The fourth-order valence-corrected chi connectivity index (χ4v) is 3.23. The van der Waals surface area contributed by atoms with E-state index in [4.69, 9.17) is 16.7 Å². The molecular formula is C19H21ClN2O2. The molecule has 1 N–H and O–H groups in total. The summed E-state index contributed by atoms with van der Waals surface area (Å²) in [5, 5.41) is 9.91. The Kier molecular flexibility index (Phi) is 5.51. The number of carbonyl (C=O) groups is 1. The average Bonchev–Trinajstić information content (AvgIpc) is 2.59. The van der Waals surface area contributed by atoms with Crippen LogP contribution in [0.5, 0.6) is 0 Å². The van der Waals surface area contributed by atoms with Crippen molar-refractivity contribution in [2.24, 2.45) is 0 Å². The second-order valence-corrected chi connectivity index (χ2v) is 6.56. The summed E-state index contributed by atoms with van der Waals surface area (Å²) in [7, 11) is 0. The van der Waals surface area contributed by atoms with E-state index in [0.29, 0.717) is 5.56 Å². The number of piperazine rings is 1. The van der Waals surface area contributed by atoms with Gasteiger partial charge in [-0.2, -0.15) is 0 Å². The molecule has 0 radical (unpaired) electrons. The standard InChI is InChI=1S/C19H21ClN2O2/c20-18-7-2-1-5-17(18)14-22-10-8-21(9-11-22)13-15-4-3-6-16(12-15)19(23)24/h1-7,12H,8-11,13-14H2,(H,23,24). The minimum Gasteiger partial charge on any atom is -0.478 e. The molecule has 3 rings (SSSR count). The van der Waals surface area contributed by atoms with Gasteiger partial charge >= 0.3 is 5.97 Å². The molecule has 1 aliphatic rings. The first kappa shape index (κ1) is 17.0. The van der Waals surface area contributed by atoms with Crippen LogP contribution < -0.4 is 0 Å². The summed E-state index contributed by atoms with van der Waals surface area (Å²) in [6.07, 6.45) is 0. The smallest absolute Gasteiger partial charge is 0.335 e. The zero-order chi connectivity index (χ0) is 16.9. The third-order valence-corrected chi connectivity index (χ3v) is 4.77. The third-order valence-electron chi connectivity index (χ3n) is 4.40. The summed E-state index contributed by atoms with van der Waals surface area (Å²) >= 11 is 6.23. The van der Waals surface area contributed by atoms with Crippen LogP contribution in [0.1, 0.15) is 21.5 Å². The van der Waals surface area contributed by atoms with Crippen molar-refractivity contribution in [3.63, 3.8) is 0 Å². The Hall–Kier alpha value is -1.88. The first-order valence-corrected chi connectivity index (χ1v) is 8.50. The highest BCUT2D eigenvalue weighted by atomic mass is 35.5. The molecule has 24 heavy (non-hydrogen) atoms. The maximum atomic E-state index is 11.1. The van der Waals surface area contributed by atoms with E-state index < -0.39 is 5.97 Å². The average molecular weight is 345 g/mol. The molecule has 0 amide bonds. The monoisotopic (exact) mass is 344 g/mol. The van der Waals surface area contributed by atoms with Crippen LogP contribution >= 0.6 is 11.6 Å². The van der Waals surface area contributed by atoms with Gasteiger partial charge in [0.15, 0.2) is 0 Å². The van der Waals surface area contributed by atoms with Crippen molar-refractivity contribution in [2.45, 2.75) is 13.1 Å². The van der Waals surface area contributed by atoms with Crippen LogP contribution in [-0.2, 0) is 13.1 Å². The van der Waals surface area contributed by atoms with Gasteiger partial charge in [-0.15, -0.1) is 0 Å². The van der Waals surface area contributed by atoms with Gasteiger partial charge in [-0.3, -0.25) is 9.80 Å². The van der Waals surface area contributed by atoms with Crippen molar-refractivity contribution in [2.75, 3.05) is 26.2 Å². The topological polar surface area (TPSA) is 43.8 Å². The predicted octanol–water partition coefficient (Wildman–Crippen LogP) is 3.36. The van der Waals surface area contributed by atoms with Gasteiger partial charge < -0.3 is 5.11 Å². The first-order valence-electron chi connectivity index (χ1n) is 8.12. The maximum Gasteiger partial charge on any atom is 0.335 e. The quantitative estimate of drug-likeness (QED) is 0.903. The summed E-state index contributed by atoms with van der Waals surface area (Å²) in [4.78, 5) is 15.8. The number of hydrogen-bond donors (Lipinski definition) is 1. The van der Waals surface area contributed by atoms with E-state index in [1.54, 1.807) is 12.1 Å². The van der Waals surface area contributed by atoms with E-state index in [9.17, 15) is 4.79 Å². The lowest BCUT2D eigenvalue weighted by Crippen LogP contribution is -2.45. The van der Waals surface area contributed by atoms with Gasteiger partial charge in [-0.25, -0.2) is 4.79 Å². The second-order valence-electron chi connectivity index (χ2n) is 6.15. The normalized spacial score (nSPS) is 16.2. The number of hydrogen-bond acceptors (Lipinski definition) is 3. The molecule has 4 nitrogen and oxygen atoms in total. The minimum absolute atomic E-state index is 0.352. The van der Waals surface area contributed by atoms with Gasteiger partial charge in [-0.05, 0) is 29.3 Å². The number of aromatic carboxylic acids is 1. The van der Waals surface area contributed by atoms with E-state index in [1.807, 2.05) is 30.3 Å². The van der Waals surface area contributed by atoms with Crippen molar-refractivity contribution in [3.05, 3.63) is 70.2 Å². The molecule has 1 fully saturated rings. The Bertz CT molecular complexity index is 712. The highest BCUT2D eigenvalue weighted by Crippen LogP contribution is 2.18. The molecule has 0 saturated carbocycles. The lowest BCUT2D eigenvalue weighted by molar-refractivity contribution is 0.0696. The fraction of sp³-hybridized carbons (Fsp3) is 0.316. The van der Waals surface area contributed by atoms with Crippen LogP contribution in [0.4, 0.5) is 0 Å². The van der Waals surface area contributed by atoms with Gasteiger partial charge in [0.2, 0.25) is 0 Å². The number of carboxylic acids is 1. The molecule has 2 aromatic carbocycles. The molecule has 126 valence electrons. The molecule has 2 aromatic rings. The van der Waals surface area contributed by atoms with Gasteiger partial charge in [-0.1, -0.05) is 41.9 Å². The fourth-order valence-electron chi connectivity index (χ4n) is 3.03. The molecule has 0 bridgehead atoms. The summed E-state index contributed by atoms with van der Waals surface area (Å²) in [5.74, 6) is -0.874. The van der Waals surface area contributed by atoms with Crippen LogP contribution in [0.25, 0.3) is 0 Å². The van der Waals surface area contributed by atoms with Crippen molar-refractivity contribution < 1.29 is 9.90 Å². The van der Waals surface area contributed by atoms with Gasteiger partial charge in [0.1, 0.15) is 0 Å². The SMILES string of the molecule is O=C(O)c1cccc(CN2CCN(Cc3ccccc3Cl)CC2)c1. The van der Waals surface area contributed by atoms with Crippen molar-refractivity contribution >= 4 is 17.6 Å². The van der Waals surface area contributed by atoms with Gasteiger partial charge in [0.25, 0.3) is 0 Å². The molecule has 1 aliphatic heterocycles. The first-order chi connectivity index (χ1) is 11.6. The molecule has 1 saturated heterocycles. The van der Waals surface area contributed by atoms with E-state index in [-0.39, 0.29) is 0 Å². The van der Waals surface area contributed by atoms with Gasteiger partial charge in [0.05, 0.1) is 5.56 Å². The maximum absolute atomic E-state index is 11.1. The molecule has 0 spiro atoms. The van der Waals surface area contributed by atoms with E-state index in [0.717, 1.165) is 49.9 Å². The lowest BCUT2D eigenvalue weighted by atomic mass is 10.1. The molecule has 0 atom stereocenters. The van der Waals surface area contributed by atoms with E-state index >= 15 is 0 Å². The molecule has 0 unspecified atom stereocenters. The predicted molar refractivity (Wildman–Crippen MR) is 95.4 cm³/mol. The van der Waals surface area contributed by atoms with Crippen LogP contribution in [0, 0.1) is 0 Å². The van der Waals surface area contributed by atoms with Crippen LogP contribution in [0.3, 0.4) is 0 Å². The zero-order valence-electron chi connectivity index (χ0n) is 13.5. The summed E-state index contributed by atoms with van der Waals surface area (Å²) in [6.45, 7) is 5.60. The Balaban J connectivity index is 1.53. The number of halogens is 1. The Morgan fingerprint density at radius 3 is 2.29 bits per heavy atom. The number of nitrogens with zero attached hydrogens (tertiary/aromatic N) is 2. The summed E-state index contributed by atoms with van der Waals surface area (Å²) < 4.78 is 0.